The van der Waals surface area contributed by atoms with E-state index >= 15 is 0 Å². The van der Waals surface area contributed by atoms with Gasteiger partial charge >= 0.3 is 0 Å². The SMILES string of the molecule is O=C(Nc1c[nH]nc1-n1cccn1)c1c(F)cccc1F. The van der Waals surface area contributed by atoms with Crippen molar-refractivity contribution in [3.63, 3.8) is 0 Å². The van der Waals surface area contributed by atoms with Crippen molar-refractivity contribution in [2.45, 2.75) is 0 Å². The normalized spacial score (nSPS) is 10.6. The number of hydrogen-bond donors (Lipinski definition) is 2. The largest absolute Gasteiger partial charge is 0.317 e. The quantitative estimate of drug-likeness (QED) is 0.775. The Balaban J connectivity index is 1.91. The van der Waals surface area contributed by atoms with Crippen molar-refractivity contribution in [2.75, 3.05) is 5.32 Å². The lowest BCUT2D eigenvalue weighted by atomic mass is 10.2. The Morgan fingerprint density at radius 3 is 2.67 bits per heavy atom. The van der Waals surface area contributed by atoms with Crippen LogP contribution in [-0.4, -0.2) is 25.9 Å². The maximum absolute atomic E-state index is 13.6. The van der Waals surface area contributed by atoms with Gasteiger partial charge in [-0.05, 0) is 18.2 Å². The Morgan fingerprint density at radius 1 is 1.24 bits per heavy atom. The van der Waals surface area contributed by atoms with E-state index in [4.69, 9.17) is 0 Å². The second-order valence-electron chi connectivity index (χ2n) is 4.12. The predicted octanol–water partition coefficient (Wildman–Crippen LogP) is 2.13. The van der Waals surface area contributed by atoms with Crippen LogP contribution in [0.5, 0.6) is 0 Å². The summed E-state index contributed by atoms with van der Waals surface area (Å²) in [5, 5.41) is 12.9. The lowest BCUT2D eigenvalue weighted by Gasteiger charge is -2.07. The van der Waals surface area contributed by atoms with Gasteiger partial charge in [0.2, 0.25) is 0 Å². The average Bonchev–Trinajstić information content (AvgIpc) is 3.08. The van der Waals surface area contributed by atoms with E-state index in [9.17, 15) is 13.6 Å². The number of amides is 1. The monoisotopic (exact) mass is 289 g/mol. The van der Waals surface area contributed by atoms with Crippen LogP contribution in [0.15, 0.2) is 42.9 Å². The van der Waals surface area contributed by atoms with E-state index < -0.39 is 23.1 Å². The number of aromatic amines is 1. The molecule has 2 N–H and O–H groups in total. The number of anilines is 1. The number of halogens is 2. The van der Waals surface area contributed by atoms with E-state index in [1.165, 1.54) is 23.1 Å². The standard InChI is InChI=1S/C13H9F2N5O/c14-8-3-1-4-9(15)11(8)13(21)18-10-7-16-19-12(10)20-6-2-5-17-20/h1-7H,(H,16,19)(H,18,21). The summed E-state index contributed by atoms with van der Waals surface area (Å²) >= 11 is 0. The summed E-state index contributed by atoms with van der Waals surface area (Å²) in [6, 6.07) is 4.90. The highest BCUT2D eigenvalue weighted by Crippen LogP contribution is 2.19. The minimum Gasteiger partial charge on any atom is -0.317 e. The Morgan fingerprint density at radius 2 is 2.00 bits per heavy atom. The molecule has 8 heteroatoms. The third-order valence-electron chi connectivity index (χ3n) is 2.78. The smallest absolute Gasteiger partial charge is 0.261 e. The van der Waals surface area contributed by atoms with Gasteiger partial charge in [0.15, 0.2) is 5.82 Å². The maximum atomic E-state index is 13.6. The van der Waals surface area contributed by atoms with Gasteiger partial charge in [-0.1, -0.05) is 6.07 Å². The van der Waals surface area contributed by atoms with Crippen molar-refractivity contribution in [1.82, 2.24) is 20.0 Å². The highest BCUT2D eigenvalue weighted by atomic mass is 19.1. The van der Waals surface area contributed by atoms with Gasteiger partial charge in [0.1, 0.15) is 22.9 Å². The summed E-state index contributed by atoms with van der Waals surface area (Å²) in [5.74, 6) is -2.46. The first-order chi connectivity index (χ1) is 10.2. The first kappa shape index (κ1) is 13.0. The summed E-state index contributed by atoms with van der Waals surface area (Å²) in [7, 11) is 0. The Bertz CT molecular complexity index is 761. The lowest BCUT2D eigenvalue weighted by molar-refractivity contribution is 0.101. The summed E-state index contributed by atoms with van der Waals surface area (Å²) in [6.45, 7) is 0. The predicted molar refractivity (Wildman–Crippen MR) is 70.0 cm³/mol. The second kappa shape index (κ2) is 5.16. The molecule has 2 aromatic heterocycles. The topological polar surface area (TPSA) is 75.6 Å². The number of hydrogen-bond acceptors (Lipinski definition) is 3. The molecular weight excluding hydrogens is 280 g/mol. The summed E-state index contributed by atoms with van der Waals surface area (Å²) in [6.07, 6.45) is 4.56. The van der Waals surface area contributed by atoms with E-state index in [1.54, 1.807) is 12.3 Å². The van der Waals surface area contributed by atoms with Gasteiger partial charge in [-0.2, -0.15) is 10.2 Å². The van der Waals surface area contributed by atoms with E-state index in [2.05, 4.69) is 20.6 Å². The first-order valence-corrected chi connectivity index (χ1v) is 5.96. The molecule has 0 saturated heterocycles. The van der Waals surface area contributed by atoms with Crippen molar-refractivity contribution < 1.29 is 13.6 Å². The third kappa shape index (κ3) is 2.38. The molecule has 0 unspecified atom stereocenters. The number of benzene rings is 1. The van der Waals surface area contributed by atoms with Gasteiger partial charge in [-0.3, -0.25) is 9.89 Å². The van der Waals surface area contributed by atoms with E-state index in [0.29, 0.717) is 5.82 Å². The molecule has 6 nitrogen and oxygen atoms in total. The van der Waals surface area contributed by atoms with Crippen LogP contribution in [-0.2, 0) is 0 Å². The van der Waals surface area contributed by atoms with E-state index in [1.807, 2.05) is 0 Å². The van der Waals surface area contributed by atoms with Crippen molar-refractivity contribution in [1.29, 1.82) is 0 Å². The second-order valence-corrected chi connectivity index (χ2v) is 4.12. The van der Waals surface area contributed by atoms with Crippen LogP contribution in [0.3, 0.4) is 0 Å². The fraction of sp³-hybridized carbons (Fsp3) is 0. The van der Waals surface area contributed by atoms with Gasteiger partial charge in [-0.15, -0.1) is 0 Å². The van der Waals surface area contributed by atoms with Crippen molar-refractivity contribution in [2.24, 2.45) is 0 Å². The van der Waals surface area contributed by atoms with Gasteiger partial charge < -0.3 is 5.32 Å². The molecule has 0 radical (unpaired) electrons. The molecule has 3 aromatic rings. The zero-order valence-corrected chi connectivity index (χ0v) is 10.5. The molecule has 0 aliphatic heterocycles. The first-order valence-electron chi connectivity index (χ1n) is 5.96. The van der Waals surface area contributed by atoms with Gasteiger partial charge in [0.05, 0.1) is 0 Å². The van der Waals surface area contributed by atoms with Gasteiger partial charge in [0, 0.05) is 18.6 Å². The number of carbonyl (C=O) groups excluding carboxylic acids is 1. The fourth-order valence-corrected chi connectivity index (χ4v) is 1.84. The zero-order chi connectivity index (χ0) is 14.8. The molecule has 0 atom stereocenters. The Kier molecular flexibility index (Phi) is 3.19. The van der Waals surface area contributed by atoms with Crippen LogP contribution in [0.25, 0.3) is 5.82 Å². The van der Waals surface area contributed by atoms with E-state index in [0.717, 1.165) is 12.1 Å². The summed E-state index contributed by atoms with van der Waals surface area (Å²) in [5.41, 5.74) is -0.392. The fourth-order valence-electron chi connectivity index (χ4n) is 1.84. The number of carbonyl (C=O) groups is 1. The zero-order valence-electron chi connectivity index (χ0n) is 10.5. The summed E-state index contributed by atoms with van der Waals surface area (Å²) in [4.78, 5) is 12.0. The molecule has 1 amide bonds. The molecule has 21 heavy (non-hydrogen) atoms. The highest BCUT2D eigenvalue weighted by Gasteiger charge is 2.19. The van der Waals surface area contributed by atoms with Crippen LogP contribution in [0, 0.1) is 11.6 Å². The van der Waals surface area contributed by atoms with E-state index in [-0.39, 0.29) is 5.69 Å². The molecule has 0 aliphatic carbocycles. The number of H-pyrrole nitrogens is 1. The third-order valence-corrected chi connectivity index (χ3v) is 2.78. The van der Waals surface area contributed by atoms with Gasteiger partial charge in [0.25, 0.3) is 5.91 Å². The number of rotatable bonds is 3. The Labute approximate surface area is 117 Å². The van der Waals surface area contributed by atoms with Crippen LogP contribution in [0.1, 0.15) is 10.4 Å². The lowest BCUT2D eigenvalue weighted by Crippen LogP contribution is -2.16. The highest BCUT2D eigenvalue weighted by molar-refractivity contribution is 6.05. The molecule has 0 saturated carbocycles. The average molecular weight is 289 g/mol. The summed E-state index contributed by atoms with van der Waals surface area (Å²) < 4.78 is 28.5. The van der Waals surface area contributed by atoms with Crippen molar-refractivity contribution in [3.8, 4) is 5.82 Å². The van der Waals surface area contributed by atoms with Gasteiger partial charge in [-0.25, -0.2) is 13.5 Å². The molecule has 0 fully saturated rings. The maximum Gasteiger partial charge on any atom is 0.261 e. The van der Waals surface area contributed by atoms with Crippen molar-refractivity contribution >= 4 is 11.6 Å². The molecule has 106 valence electrons. The minimum absolute atomic E-state index is 0.256. The van der Waals surface area contributed by atoms with Crippen LogP contribution in [0.4, 0.5) is 14.5 Å². The number of nitrogens with one attached hydrogen (secondary N) is 2. The molecular formula is C13H9F2N5O. The number of aromatic nitrogens is 4. The Hall–Kier alpha value is -3.03. The van der Waals surface area contributed by atoms with Crippen molar-refractivity contribution in [3.05, 3.63) is 60.1 Å². The molecule has 1 aromatic carbocycles. The molecule has 2 heterocycles. The molecule has 0 spiro atoms. The number of nitrogens with zero attached hydrogens (tertiary/aromatic N) is 3. The molecule has 0 aliphatic rings. The van der Waals surface area contributed by atoms with Crippen LogP contribution in [0.2, 0.25) is 0 Å². The molecule has 3 rings (SSSR count). The van der Waals surface area contributed by atoms with Crippen LogP contribution >= 0.6 is 0 Å². The molecule has 0 bridgehead atoms. The van der Waals surface area contributed by atoms with Crippen LogP contribution < -0.4 is 5.32 Å². The minimum atomic E-state index is -0.934.